The maximum atomic E-state index is 13.1. The van der Waals surface area contributed by atoms with Crippen LogP contribution in [0.4, 0.5) is 5.69 Å². The van der Waals surface area contributed by atoms with Crippen LogP contribution < -0.4 is 14.4 Å². The van der Waals surface area contributed by atoms with Gasteiger partial charge in [0.1, 0.15) is 11.5 Å². The summed E-state index contributed by atoms with van der Waals surface area (Å²) in [4.78, 5) is 17.4. The van der Waals surface area contributed by atoms with E-state index in [9.17, 15) is 4.79 Å². The molecule has 0 bridgehead atoms. The number of hydrogen-bond acceptors (Lipinski definition) is 4. The van der Waals surface area contributed by atoms with Crippen molar-refractivity contribution in [2.24, 2.45) is 0 Å². The Balaban J connectivity index is 1.55. The van der Waals surface area contributed by atoms with Gasteiger partial charge in [0.2, 0.25) is 0 Å². The lowest BCUT2D eigenvalue weighted by Crippen LogP contribution is -2.46. The molecule has 0 saturated carbocycles. The molecule has 2 heterocycles. The minimum Gasteiger partial charge on any atom is -0.497 e. The minimum absolute atomic E-state index is 0.00864. The maximum absolute atomic E-state index is 13.1. The summed E-state index contributed by atoms with van der Waals surface area (Å²) in [5.41, 5.74) is 2.19. The summed E-state index contributed by atoms with van der Waals surface area (Å²) in [5.74, 6) is 1.54. The third-order valence-corrected chi connectivity index (χ3v) is 6.13. The normalized spacial score (nSPS) is 17.8. The zero-order valence-corrected chi connectivity index (χ0v) is 17.0. The van der Waals surface area contributed by atoms with E-state index >= 15 is 0 Å². The molecule has 0 aliphatic carbocycles. The van der Waals surface area contributed by atoms with Crippen molar-refractivity contribution in [2.45, 2.75) is 18.3 Å². The molecule has 152 valence electrons. The lowest BCUT2D eigenvalue weighted by molar-refractivity contribution is -0.120. The quantitative estimate of drug-likeness (QED) is 0.704. The molecular weight excluding hydrogens is 364 g/mol. The highest BCUT2D eigenvalue weighted by Gasteiger charge is 2.46. The number of nitrogens with zero attached hydrogens (tertiary/aromatic N) is 2. The van der Waals surface area contributed by atoms with Gasteiger partial charge in [-0.2, -0.15) is 0 Å². The second-order valence-electron chi connectivity index (χ2n) is 7.83. The van der Waals surface area contributed by atoms with Gasteiger partial charge < -0.3 is 14.4 Å². The predicted octanol–water partition coefficient (Wildman–Crippen LogP) is 3.64. The Kier molecular flexibility index (Phi) is 5.58. The monoisotopic (exact) mass is 392 g/mol. The summed E-state index contributed by atoms with van der Waals surface area (Å²) in [7, 11) is 1.69. The molecule has 5 heteroatoms. The van der Waals surface area contributed by atoms with Crippen molar-refractivity contribution < 1.29 is 14.3 Å². The summed E-state index contributed by atoms with van der Waals surface area (Å²) < 4.78 is 11.2. The van der Waals surface area contributed by atoms with Crippen molar-refractivity contribution in [2.75, 3.05) is 44.8 Å². The van der Waals surface area contributed by atoms with Gasteiger partial charge in [0.05, 0.1) is 7.11 Å². The molecule has 2 aromatic carbocycles. The number of likely N-dealkylation sites (tertiary alicyclic amines) is 1. The molecule has 2 aromatic rings. The number of piperidine rings is 1. The highest BCUT2D eigenvalue weighted by Crippen LogP contribution is 2.48. The number of fused-ring (bicyclic) bond motifs is 2. The Morgan fingerprint density at radius 2 is 1.90 bits per heavy atom. The maximum Gasteiger partial charge on any atom is 0.264 e. The second-order valence-corrected chi connectivity index (χ2v) is 7.83. The van der Waals surface area contributed by atoms with Gasteiger partial charge >= 0.3 is 0 Å². The zero-order valence-electron chi connectivity index (χ0n) is 17.0. The minimum atomic E-state index is -0.0239. The van der Waals surface area contributed by atoms with Crippen LogP contribution in [-0.2, 0) is 10.2 Å². The molecular formula is C24H28N2O3. The van der Waals surface area contributed by atoms with Crippen LogP contribution in [0, 0.1) is 0 Å². The van der Waals surface area contributed by atoms with Crippen LogP contribution in [0.5, 0.6) is 11.5 Å². The first kappa shape index (κ1) is 19.5. The first-order valence-corrected chi connectivity index (χ1v) is 10.2. The molecule has 1 amide bonds. The van der Waals surface area contributed by atoms with Gasteiger partial charge in [-0.05, 0) is 61.8 Å². The summed E-state index contributed by atoms with van der Waals surface area (Å²) >= 11 is 0. The fourth-order valence-electron chi connectivity index (χ4n) is 4.51. The van der Waals surface area contributed by atoms with Crippen LogP contribution in [0.15, 0.2) is 61.2 Å². The number of amides is 1. The first-order valence-electron chi connectivity index (χ1n) is 10.2. The van der Waals surface area contributed by atoms with Crippen LogP contribution in [-0.4, -0.2) is 50.7 Å². The smallest absolute Gasteiger partial charge is 0.264 e. The number of carbonyl (C=O) groups is 1. The number of benzene rings is 2. The van der Waals surface area contributed by atoms with Crippen LogP contribution in [0.25, 0.3) is 0 Å². The molecule has 1 spiro atoms. The van der Waals surface area contributed by atoms with Gasteiger partial charge in [0.15, 0.2) is 6.61 Å². The number of carbonyl (C=O) groups excluding carboxylic acids is 1. The summed E-state index contributed by atoms with van der Waals surface area (Å²) in [6, 6.07) is 15.5. The average Bonchev–Trinajstić information content (AvgIpc) is 3.08. The zero-order chi connectivity index (χ0) is 20.3. The van der Waals surface area contributed by atoms with Crippen molar-refractivity contribution in [1.29, 1.82) is 0 Å². The highest BCUT2D eigenvalue weighted by molar-refractivity contribution is 5.97. The number of rotatable bonds is 6. The Labute approximate surface area is 172 Å². The third kappa shape index (κ3) is 3.87. The van der Waals surface area contributed by atoms with Gasteiger partial charge in [-0.25, -0.2) is 0 Å². The number of methoxy groups -OCH3 is 1. The predicted molar refractivity (Wildman–Crippen MR) is 115 cm³/mol. The second kappa shape index (κ2) is 8.29. The van der Waals surface area contributed by atoms with Crippen LogP contribution in [0.1, 0.15) is 18.4 Å². The van der Waals surface area contributed by atoms with E-state index in [2.05, 4.69) is 17.5 Å². The Morgan fingerprint density at radius 3 is 2.59 bits per heavy atom. The van der Waals surface area contributed by atoms with Crippen molar-refractivity contribution in [3.63, 3.8) is 0 Å². The van der Waals surface area contributed by atoms with E-state index in [0.29, 0.717) is 12.3 Å². The lowest BCUT2D eigenvalue weighted by Gasteiger charge is -2.39. The van der Waals surface area contributed by atoms with Crippen LogP contribution in [0.3, 0.4) is 0 Å². The Bertz CT molecular complexity index is 873. The van der Waals surface area contributed by atoms with E-state index in [1.165, 1.54) is 5.56 Å². The van der Waals surface area contributed by atoms with E-state index in [1.807, 2.05) is 53.4 Å². The molecule has 0 N–H and O–H groups in total. The van der Waals surface area contributed by atoms with Gasteiger partial charge in [-0.3, -0.25) is 9.69 Å². The molecule has 2 aliphatic heterocycles. The van der Waals surface area contributed by atoms with Crippen molar-refractivity contribution in [1.82, 2.24) is 4.90 Å². The van der Waals surface area contributed by atoms with E-state index in [1.54, 1.807) is 7.11 Å². The molecule has 29 heavy (non-hydrogen) atoms. The van der Waals surface area contributed by atoms with Crippen molar-refractivity contribution >= 4 is 11.6 Å². The fourth-order valence-corrected chi connectivity index (χ4v) is 4.51. The largest absolute Gasteiger partial charge is 0.497 e. The molecule has 0 radical (unpaired) electrons. The Morgan fingerprint density at radius 1 is 1.14 bits per heavy atom. The SMILES string of the molecule is C=CCN1CCC2(CC1)CN(C(=O)COc1ccccc1)c1ccc(OC)cc12. The summed E-state index contributed by atoms with van der Waals surface area (Å²) in [6.07, 6.45) is 4.00. The van der Waals surface area contributed by atoms with Crippen molar-refractivity contribution in [3.05, 3.63) is 66.7 Å². The van der Waals surface area contributed by atoms with E-state index in [4.69, 9.17) is 9.47 Å². The lowest BCUT2D eigenvalue weighted by atomic mass is 9.74. The molecule has 0 unspecified atom stereocenters. The van der Waals surface area contributed by atoms with Gasteiger partial charge in [0.25, 0.3) is 5.91 Å². The summed E-state index contributed by atoms with van der Waals surface area (Å²) in [6.45, 7) is 7.52. The highest BCUT2D eigenvalue weighted by atomic mass is 16.5. The standard InChI is InChI=1S/C24H28N2O3/c1-3-13-25-14-11-24(12-15-25)18-26(22-10-9-20(28-2)16-21(22)24)23(27)17-29-19-7-5-4-6-8-19/h3-10,16H,1,11-15,17-18H2,2H3. The molecule has 4 rings (SSSR count). The molecule has 1 saturated heterocycles. The topological polar surface area (TPSA) is 42.0 Å². The van der Waals surface area contributed by atoms with E-state index in [-0.39, 0.29) is 17.9 Å². The Hall–Kier alpha value is -2.79. The number of hydrogen-bond donors (Lipinski definition) is 0. The van der Waals surface area contributed by atoms with E-state index < -0.39 is 0 Å². The van der Waals surface area contributed by atoms with Crippen LogP contribution >= 0.6 is 0 Å². The van der Waals surface area contributed by atoms with E-state index in [0.717, 1.165) is 43.9 Å². The number of ether oxygens (including phenoxy) is 2. The number of anilines is 1. The fraction of sp³-hybridized carbons (Fsp3) is 0.375. The molecule has 0 atom stereocenters. The van der Waals surface area contributed by atoms with Gasteiger partial charge in [-0.1, -0.05) is 24.3 Å². The van der Waals surface area contributed by atoms with Crippen LogP contribution in [0.2, 0.25) is 0 Å². The van der Waals surface area contributed by atoms with Gasteiger partial charge in [0, 0.05) is 24.2 Å². The molecule has 5 nitrogen and oxygen atoms in total. The number of para-hydroxylation sites is 1. The average molecular weight is 392 g/mol. The molecule has 0 aromatic heterocycles. The van der Waals surface area contributed by atoms with Gasteiger partial charge in [-0.15, -0.1) is 6.58 Å². The molecule has 2 aliphatic rings. The van der Waals surface area contributed by atoms with Crippen molar-refractivity contribution in [3.8, 4) is 11.5 Å². The third-order valence-electron chi connectivity index (χ3n) is 6.13. The first-order chi connectivity index (χ1) is 14.1. The summed E-state index contributed by atoms with van der Waals surface area (Å²) in [5, 5.41) is 0. The molecule has 1 fully saturated rings.